The Labute approximate surface area is 136 Å². The van der Waals surface area contributed by atoms with Crippen molar-refractivity contribution in [2.75, 3.05) is 26.2 Å². The van der Waals surface area contributed by atoms with Crippen molar-refractivity contribution in [1.29, 1.82) is 0 Å². The van der Waals surface area contributed by atoms with Gasteiger partial charge in [-0.05, 0) is 37.9 Å². The maximum Gasteiger partial charge on any atom is 0.273 e. The Morgan fingerprint density at radius 1 is 1.13 bits per heavy atom. The molecule has 1 aliphatic heterocycles. The maximum atomic E-state index is 12.1. The molecule has 0 saturated carbocycles. The molecule has 0 bridgehead atoms. The lowest BCUT2D eigenvalue weighted by molar-refractivity contribution is 0.0944. The summed E-state index contributed by atoms with van der Waals surface area (Å²) in [5.74, 6) is -0.143. The fourth-order valence-corrected chi connectivity index (χ4v) is 2.82. The molecule has 0 radical (unpaired) electrons. The van der Waals surface area contributed by atoms with Gasteiger partial charge in [-0.1, -0.05) is 35.5 Å². The van der Waals surface area contributed by atoms with Gasteiger partial charge in [-0.3, -0.25) is 9.48 Å². The van der Waals surface area contributed by atoms with Gasteiger partial charge in [-0.2, -0.15) is 0 Å². The van der Waals surface area contributed by atoms with Crippen LogP contribution in [-0.4, -0.2) is 52.0 Å². The van der Waals surface area contributed by atoms with Gasteiger partial charge < -0.3 is 10.2 Å². The van der Waals surface area contributed by atoms with Crippen molar-refractivity contribution in [3.8, 4) is 0 Å². The van der Waals surface area contributed by atoms with Crippen LogP contribution in [0.4, 0.5) is 0 Å². The molecule has 1 N–H and O–H groups in total. The third-order valence-corrected chi connectivity index (χ3v) is 4.16. The highest BCUT2D eigenvalue weighted by atomic mass is 16.2. The third-order valence-electron chi connectivity index (χ3n) is 4.16. The normalized spacial score (nSPS) is 15.0. The highest BCUT2D eigenvalue weighted by Crippen LogP contribution is 2.05. The van der Waals surface area contributed by atoms with E-state index in [1.807, 2.05) is 18.2 Å². The lowest BCUT2D eigenvalue weighted by Gasteiger charge is -2.14. The van der Waals surface area contributed by atoms with E-state index in [-0.39, 0.29) is 5.91 Å². The van der Waals surface area contributed by atoms with E-state index in [4.69, 9.17) is 0 Å². The Bertz CT molecular complexity index is 619. The van der Waals surface area contributed by atoms with E-state index >= 15 is 0 Å². The average Bonchev–Trinajstić information content (AvgIpc) is 3.25. The van der Waals surface area contributed by atoms with Crippen molar-refractivity contribution < 1.29 is 4.79 Å². The van der Waals surface area contributed by atoms with Crippen LogP contribution in [0, 0.1) is 0 Å². The van der Waals surface area contributed by atoms with Gasteiger partial charge in [0, 0.05) is 19.6 Å². The van der Waals surface area contributed by atoms with Crippen LogP contribution in [0.25, 0.3) is 0 Å². The molecule has 0 atom stereocenters. The topological polar surface area (TPSA) is 63.1 Å². The van der Waals surface area contributed by atoms with Crippen LogP contribution in [0.3, 0.4) is 0 Å². The summed E-state index contributed by atoms with van der Waals surface area (Å²) >= 11 is 0. The first-order valence-electron chi connectivity index (χ1n) is 8.26. The third kappa shape index (κ3) is 4.63. The highest BCUT2D eigenvalue weighted by molar-refractivity contribution is 5.91. The fourth-order valence-electron chi connectivity index (χ4n) is 2.82. The van der Waals surface area contributed by atoms with Gasteiger partial charge in [-0.25, -0.2) is 0 Å². The lowest BCUT2D eigenvalue weighted by Crippen LogP contribution is -2.33. The van der Waals surface area contributed by atoms with Gasteiger partial charge in [-0.15, -0.1) is 5.10 Å². The first-order valence-corrected chi connectivity index (χ1v) is 8.26. The van der Waals surface area contributed by atoms with Crippen LogP contribution in [0.15, 0.2) is 36.5 Å². The molecule has 2 aromatic rings. The number of aromatic nitrogens is 3. The summed E-state index contributed by atoms with van der Waals surface area (Å²) in [5, 5.41) is 10.9. The Balaban J connectivity index is 1.43. The van der Waals surface area contributed by atoms with Gasteiger partial charge in [0.15, 0.2) is 5.69 Å². The SMILES string of the molecule is O=C(NCCN1CCCC1)c1cn(CCc2ccccc2)nn1. The zero-order valence-electron chi connectivity index (χ0n) is 13.3. The van der Waals surface area contributed by atoms with Gasteiger partial charge in [0.05, 0.1) is 6.20 Å². The summed E-state index contributed by atoms with van der Waals surface area (Å²) in [5.41, 5.74) is 1.64. The minimum atomic E-state index is -0.143. The number of carbonyl (C=O) groups is 1. The molecule has 0 spiro atoms. The number of hydrogen-bond donors (Lipinski definition) is 1. The Morgan fingerprint density at radius 3 is 2.70 bits per heavy atom. The number of carbonyl (C=O) groups excluding carboxylic acids is 1. The van der Waals surface area contributed by atoms with Crippen molar-refractivity contribution in [2.24, 2.45) is 0 Å². The smallest absolute Gasteiger partial charge is 0.273 e. The molecule has 1 saturated heterocycles. The molecule has 1 amide bonds. The molecule has 3 rings (SSSR count). The summed E-state index contributed by atoms with van der Waals surface area (Å²) in [6.07, 6.45) is 5.13. The number of amides is 1. The number of rotatable bonds is 7. The molecule has 1 fully saturated rings. The van der Waals surface area contributed by atoms with Gasteiger partial charge in [0.1, 0.15) is 0 Å². The molecule has 1 aromatic carbocycles. The van der Waals surface area contributed by atoms with Crippen LogP contribution in [0.5, 0.6) is 0 Å². The van der Waals surface area contributed by atoms with Crippen molar-refractivity contribution >= 4 is 5.91 Å². The average molecular weight is 313 g/mol. The summed E-state index contributed by atoms with van der Waals surface area (Å²) in [7, 11) is 0. The van der Waals surface area contributed by atoms with Crippen LogP contribution < -0.4 is 5.32 Å². The summed E-state index contributed by atoms with van der Waals surface area (Å²) in [6, 6.07) is 10.2. The maximum absolute atomic E-state index is 12.1. The second-order valence-corrected chi connectivity index (χ2v) is 5.91. The van der Waals surface area contributed by atoms with E-state index in [0.29, 0.717) is 12.2 Å². The fraction of sp³-hybridized carbons (Fsp3) is 0.471. The van der Waals surface area contributed by atoms with Crippen molar-refractivity contribution in [3.63, 3.8) is 0 Å². The molecule has 2 heterocycles. The number of likely N-dealkylation sites (tertiary alicyclic amines) is 1. The van der Waals surface area contributed by atoms with Crippen LogP contribution >= 0.6 is 0 Å². The summed E-state index contributed by atoms with van der Waals surface area (Å²) in [6.45, 7) is 4.58. The molecule has 6 heteroatoms. The zero-order chi connectivity index (χ0) is 15.9. The quantitative estimate of drug-likeness (QED) is 0.838. The predicted molar refractivity (Wildman–Crippen MR) is 88.2 cm³/mol. The van der Waals surface area contributed by atoms with Crippen LogP contribution in [0.1, 0.15) is 28.9 Å². The van der Waals surface area contributed by atoms with Gasteiger partial charge >= 0.3 is 0 Å². The van der Waals surface area contributed by atoms with E-state index in [9.17, 15) is 4.79 Å². The molecule has 0 unspecified atom stereocenters. The predicted octanol–water partition coefficient (Wildman–Crippen LogP) is 1.35. The molecule has 122 valence electrons. The zero-order valence-corrected chi connectivity index (χ0v) is 13.3. The number of aryl methyl sites for hydroxylation is 2. The van der Waals surface area contributed by atoms with E-state index in [0.717, 1.165) is 32.6 Å². The first kappa shape index (κ1) is 15.7. The van der Waals surface area contributed by atoms with Crippen molar-refractivity contribution in [3.05, 3.63) is 47.8 Å². The van der Waals surface area contributed by atoms with E-state index in [2.05, 4.69) is 32.7 Å². The lowest BCUT2D eigenvalue weighted by atomic mass is 10.1. The first-order chi connectivity index (χ1) is 11.3. The molecule has 1 aliphatic rings. The van der Waals surface area contributed by atoms with E-state index in [1.54, 1.807) is 10.9 Å². The molecule has 1 aromatic heterocycles. The largest absolute Gasteiger partial charge is 0.349 e. The van der Waals surface area contributed by atoms with Crippen LogP contribution in [0.2, 0.25) is 0 Å². The number of nitrogens with zero attached hydrogens (tertiary/aromatic N) is 4. The van der Waals surface area contributed by atoms with E-state index in [1.165, 1.54) is 18.4 Å². The Hall–Kier alpha value is -2.21. The molecule has 0 aliphatic carbocycles. The number of benzene rings is 1. The summed E-state index contributed by atoms with van der Waals surface area (Å²) in [4.78, 5) is 14.4. The van der Waals surface area contributed by atoms with Crippen molar-refractivity contribution in [2.45, 2.75) is 25.8 Å². The highest BCUT2D eigenvalue weighted by Gasteiger charge is 2.13. The monoisotopic (exact) mass is 313 g/mol. The number of hydrogen-bond acceptors (Lipinski definition) is 4. The van der Waals surface area contributed by atoms with Gasteiger partial charge in [0.2, 0.25) is 0 Å². The van der Waals surface area contributed by atoms with Crippen molar-refractivity contribution in [1.82, 2.24) is 25.2 Å². The Kier molecular flexibility index (Phi) is 5.37. The molecular formula is C17H23N5O. The second-order valence-electron chi connectivity index (χ2n) is 5.91. The standard InChI is InChI=1S/C17H23N5O/c23-17(18-9-13-21-10-4-5-11-21)16-14-22(20-19-16)12-8-15-6-2-1-3-7-15/h1-3,6-7,14H,4-5,8-13H2,(H,18,23). The molecule has 23 heavy (non-hydrogen) atoms. The Morgan fingerprint density at radius 2 is 1.91 bits per heavy atom. The van der Waals surface area contributed by atoms with Crippen LogP contribution in [-0.2, 0) is 13.0 Å². The van der Waals surface area contributed by atoms with Gasteiger partial charge in [0.25, 0.3) is 5.91 Å². The molecular weight excluding hydrogens is 290 g/mol. The van der Waals surface area contributed by atoms with E-state index < -0.39 is 0 Å². The number of nitrogens with one attached hydrogen (secondary N) is 1. The minimum absolute atomic E-state index is 0.143. The second kappa shape index (κ2) is 7.87. The minimum Gasteiger partial charge on any atom is -0.349 e. The summed E-state index contributed by atoms with van der Waals surface area (Å²) < 4.78 is 1.72. The molecule has 6 nitrogen and oxygen atoms in total.